The van der Waals surface area contributed by atoms with Gasteiger partial charge >= 0.3 is 6.03 Å². The van der Waals surface area contributed by atoms with Gasteiger partial charge in [-0.25, -0.2) is 4.79 Å². The maximum absolute atomic E-state index is 12.3. The van der Waals surface area contributed by atoms with E-state index in [0.29, 0.717) is 5.92 Å². The first-order chi connectivity index (χ1) is 10.8. The normalized spacial score (nSPS) is 15.6. The zero-order valence-corrected chi connectivity index (χ0v) is 13.4. The van der Waals surface area contributed by atoms with Crippen molar-refractivity contribution in [2.24, 2.45) is 0 Å². The Labute approximate surface area is 134 Å². The fourth-order valence-corrected chi connectivity index (χ4v) is 3.54. The molecule has 5 heteroatoms. The van der Waals surface area contributed by atoms with Gasteiger partial charge in [-0.2, -0.15) is 11.3 Å². The molecule has 1 aromatic carbocycles. The van der Waals surface area contributed by atoms with Crippen molar-refractivity contribution < 1.29 is 9.53 Å². The Hall–Kier alpha value is -2.01. The van der Waals surface area contributed by atoms with Gasteiger partial charge in [-0.05, 0) is 65.4 Å². The number of ether oxygens (including phenoxy) is 1. The van der Waals surface area contributed by atoms with Crippen molar-refractivity contribution in [3.8, 4) is 5.75 Å². The lowest BCUT2D eigenvalue weighted by atomic mass is 9.91. The van der Waals surface area contributed by atoms with E-state index in [0.717, 1.165) is 37.4 Å². The minimum absolute atomic E-state index is 0.0195. The number of benzene rings is 1. The number of hydrogen-bond acceptors (Lipinski definition) is 3. The number of thiophene rings is 1. The van der Waals surface area contributed by atoms with Crippen molar-refractivity contribution in [1.29, 1.82) is 0 Å². The molecule has 2 aromatic rings. The number of likely N-dealkylation sites (tertiary alicyclic amines) is 1. The molecule has 1 fully saturated rings. The Morgan fingerprint density at radius 1 is 1.23 bits per heavy atom. The lowest BCUT2D eigenvalue weighted by molar-refractivity contribution is 0.194. The fraction of sp³-hybridized carbons (Fsp3) is 0.353. The van der Waals surface area contributed by atoms with Gasteiger partial charge in [0, 0.05) is 18.8 Å². The van der Waals surface area contributed by atoms with Crippen molar-refractivity contribution in [2.75, 3.05) is 25.5 Å². The van der Waals surface area contributed by atoms with E-state index >= 15 is 0 Å². The van der Waals surface area contributed by atoms with E-state index in [9.17, 15) is 4.79 Å². The molecule has 1 aromatic heterocycles. The number of nitrogens with zero attached hydrogens (tertiary/aromatic N) is 1. The number of methoxy groups -OCH3 is 1. The van der Waals surface area contributed by atoms with Gasteiger partial charge in [-0.1, -0.05) is 0 Å². The molecule has 4 nitrogen and oxygen atoms in total. The lowest BCUT2D eigenvalue weighted by Gasteiger charge is -2.31. The van der Waals surface area contributed by atoms with E-state index in [1.807, 2.05) is 29.2 Å². The third-order valence-electron chi connectivity index (χ3n) is 4.14. The highest BCUT2D eigenvalue weighted by Crippen LogP contribution is 2.29. The van der Waals surface area contributed by atoms with Crippen molar-refractivity contribution in [2.45, 2.75) is 18.8 Å². The fourth-order valence-electron chi connectivity index (χ4n) is 2.80. The summed E-state index contributed by atoms with van der Waals surface area (Å²) in [6, 6.07) is 9.58. The lowest BCUT2D eigenvalue weighted by Crippen LogP contribution is -2.40. The highest BCUT2D eigenvalue weighted by molar-refractivity contribution is 7.07. The van der Waals surface area contributed by atoms with Gasteiger partial charge in [0.2, 0.25) is 0 Å². The Morgan fingerprint density at radius 2 is 1.95 bits per heavy atom. The summed E-state index contributed by atoms with van der Waals surface area (Å²) in [5.41, 5.74) is 2.21. The Balaban J connectivity index is 1.53. The summed E-state index contributed by atoms with van der Waals surface area (Å²) < 4.78 is 5.12. The van der Waals surface area contributed by atoms with Crippen molar-refractivity contribution in [1.82, 2.24) is 4.90 Å². The summed E-state index contributed by atoms with van der Waals surface area (Å²) >= 11 is 1.74. The zero-order chi connectivity index (χ0) is 15.4. The van der Waals surface area contributed by atoms with Gasteiger partial charge in [0.25, 0.3) is 0 Å². The summed E-state index contributed by atoms with van der Waals surface area (Å²) in [6.07, 6.45) is 2.07. The first-order valence-corrected chi connectivity index (χ1v) is 8.42. The first kappa shape index (κ1) is 14.9. The average molecular weight is 316 g/mol. The molecule has 0 radical (unpaired) electrons. The van der Waals surface area contributed by atoms with Crippen LogP contribution in [0.1, 0.15) is 24.3 Å². The number of urea groups is 1. The molecule has 0 bridgehead atoms. The van der Waals surface area contributed by atoms with Crippen LogP contribution in [-0.4, -0.2) is 31.1 Å². The van der Waals surface area contributed by atoms with Crippen LogP contribution in [0.25, 0.3) is 0 Å². The Kier molecular flexibility index (Phi) is 4.63. The number of anilines is 1. The Bertz CT molecular complexity index is 602. The SMILES string of the molecule is COc1ccc(NC(=O)N2CCC(c3ccsc3)CC2)cc1. The third kappa shape index (κ3) is 3.42. The molecule has 116 valence electrons. The largest absolute Gasteiger partial charge is 0.497 e. The van der Waals surface area contributed by atoms with Gasteiger partial charge < -0.3 is 15.0 Å². The molecular weight excluding hydrogens is 296 g/mol. The van der Waals surface area contributed by atoms with Crippen LogP contribution in [0, 0.1) is 0 Å². The summed E-state index contributed by atoms with van der Waals surface area (Å²) in [4.78, 5) is 14.2. The number of amides is 2. The van der Waals surface area contributed by atoms with Crippen LogP contribution in [0.5, 0.6) is 5.75 Å². The van der Waals surface area contributed by atoms with Gasteiger partial charge in [-0.15, -0.1) is 0 Å². The van der Waals surface area contributed by atoms with E-state index in [4.69, 9.17) is 4.74 Å². The smallest absolute Gasteiger partial charge is 0.321 e. The standard InChI is InChI=1S/C17H20N2O2S/c1-21-16-4-2-15(3-5-16)18-17(20)19-9-6-13(7-10-19)14-8-11-22-12-14/h2-5,8,11-13H,6-7,9-10H2,1H3,(H,18,20). The van der Waals surface area contributed by atoms with Crippen LogP contribution in [0.3, 0.4) is 0 Å². The van der Waals surface area contributed by atoms with E-state index in [1.54, 1.807) is 18.4 Å². The maximum atomic E-state index is 12.3. The molecule has 1 saturated heterocycles. The number of nitrogens with one attached hydrogen (secondary N) is 1. The molecule has 22 heavy (non-hydrogen) atoms. The van der Waals surface area contributed by atoms with Crippen LogP contribution in [0.2, 0.25) is 0 Å². The zero-order valence-electron chi connectivity index (χ0n) is 12.6. The van der Waals surface area contributed by atoms with Gasteiger partial charge in [0.05, 0.1) is 7.11 Å². The quantitative estimate of drug-likeness (QED) is 0.923. The highest BCUT2D eigenvalue weighted by atomic mass is 32.1. The third-order valence-corrected chi connectivity index (χ3v) is 4.84. The Morgan fingerprint density at radius 3 is 2.55 bits per heavy atom. The topological polar surface area (TPSA) is 41.6 Å². The molecular formula is C17H20N2O2S. The number of carbonyl (C=O) groups excluding carboxylic acids is 1. The molecule has 0 atom stereocenters. The van der Waals surface area contributed by atoms with Crippen molar-refractivity contribution in [3.63, 3.8) is 0 Å². The van der Waals surface area contributed by atoms with E-state index in [-0.39, 0.29) is 6.03 Å². The number of hydrogen-bond donors (Lipinski definition) is 1. The van der Waals surface area contributed by atoms with Gasteiger partial charge in [0.1, 0.15) is 5.75 Å². The van der Waals surface area contributed by atoms with E-state index < -0.39 is 0 Å². The van der Waals surface area contributed by atoms with E-state index in [2.05, 4.69) is 22.1 Å². The van der Waals surface area contributed by atoms with Crippen LogP contribution >= 0.6 is 11.3 Å². The molecule has 1 aliphatic heterocycles. The summed E-state index contributed by atoms with van der Waals surface area (Å²) in [6.45, 7) is 1.62. The predicted molar refractivity (Wildman–Crippen MR) is 89.9 cm³/mol. The monoisotopic (exact) mass is 316 g/mol. The van der Waals surface area contributed by atoms with Gasteiger partial charge in [0.15, 0.2) is 0 Å². The second-order valence-electron chi connectivity index (χ2n) is 5.48. The molecule has 3 rings (SSSR count). The van der Waals surface area contributed by atoms with Crippen LogP contribution in [0.4, 0.5) is 10.5 Å². The number of carbonyl (C=O) groups is 1. The van der Waals surface area contributed by atoms with Gasteiger partial charge in [-0.3, -0.25) is 0 Å². The molecule has 2 amide bonds. The van der Waals surface area contributed by atoms with Crippen molar-refractivity contribution >= 4 is 23.1 Å². The average Bonchev–Trinajstić information content (AvgIpc) is 3.10. The van der Waals surface area contributed by atoms with E-state index in [1.165, 1.54) is 5.56 Å². The summed E-state index contributed by atoms with van der Waals surface area (Å²) in [5.74, 6) is 1.38. The highest BCUT2D eigenvalue weighted by Gasteiger charge is 2.23. The molecule has 0 unspecified atom stereocenters. The van der Waals surface area contributed by atoms with Crippen molar-refractivity contribution in [3.05, 3.63) is 46.7 Å². The number of rotatable bonds is 3. The van der Waals surface area contributed by atoms with Crippen LogP contribution in [0.15, 0.2) is 41.1 Å². The first-order valence-electron chi connectivity index (χ1n) is 7.48. The second kappa shape index (κ2) is 6.83. The molecule has 0 aliphatic carbocycles. The molecule has 2 heterocycles. The molecule has 1 aliphatic rings. The number of piperidine rings is 1. The predicted octanol–water partition coefficient (Wildman–Crippen LogP) is 4.17. The summed E-state index contributed by atoms with van der Waals surface area (Å²) in [7, 11) is 1.63. The molecule has 0 spiro atoms. The second-order valence-corrected chi connectivity index (χ2v) is 6.26. The minimum Gasteiger partial charge on any atom is -0.497 e. The maximum Gasteiger partial charge on any atom is 0.321 e. The minimum atomic E-state index is -0.0195. The summed E-state index contributed by atoms with van der Waals surface area (Å²) in [5, 5.41) is 7.29. The van der Waals surface area contributed by atoms with Crippen LogP contribution in [-0.2, 0) is 0 Å². The molecule has 1 N–H and O–H groups in total. The van der Waals surface area contributed by atoms with Crippen LogP contribution < -0.4 is 10.1 Å². The molecule has 0 saturated carbocycles.